The number of oxazole rings is 1. The van der Waals surface area contributed by atoms with Gasteiger partial charge < -0.3 is 9.73 Å². The van der Waals surface area contributed by atoms with E-state index in [1.54, 1.807) is 17.8 Å². The van der Waals surface area contributed by atoms with Crippen molar-refractivity contribution in [3.63, 3.8) is 0 Å². The lowest BCUT2D eigenvalue weighted by Gasteiger charge is -2.06. The average Bonchev–Trinajstić information content (AvgIpc) is 2.95. The van der Waals surface area contributed by atoms with Crippen LogP contribution in [0.25, 0.3) is 11.1 Å². The summed E-state index contributed by atoms with van der Waals surface area (Å²) in [6.45, 7) is 0.941. The molecule has 0 radical (unpaired) electrons. The molecule has 0 bridgehead atoms. The van der Waals surface area contributed by atoms with Crippen LogP contribution in [-0.4, -0.2) is 22.8 Å². The maximum atomic E-state index is 12.0. The fourth-order valence-corrected chi connectivity index (χ4v) is 3.37. The molecule has 25 heavy (non-hydrogen) atoms. The second-order valence-electron chi connectivity index (χ2n) is 5.63. The van der Waals surface area contributed by atoms with Gasteiger partial charge in [0.1, 0.15) is 0 Å². The zero-order valence-electron chi connectivity index (χ0n) is 13.8. The van der Waals surface area contributed by atoms with E-state index >= 15 is 0 Å². The third kappa shape index (κ3) is 4.76. The largest absolute Gasteiger partial charge is 0.419 e. The lowest BCUT2D eigenvalue weighted by molar-refractivity contribution is -0.121. The molecule has 0 aliphatic carbocycles. The number of benzene rings is 2. The van der Waals surface area contributed by atoms with Gasteiger partial charge in [0, 0.05) is 31.0 Å². The van der Waals surface area contributed by atoms with Gasteiger partial charge in [-0.15, -0.1) is 0 Å². The molecule has 0 fully saturated rings. The van der Waals surface area contributed by atoms with Gasteiger partial charge in [0.15, 0.2) is 5.58 Å². The van der Waals surface area contributed by atoms with Crippen LogP contribution in [0.3, 0.4) is 0 Å². The second kappa shape index (κ2) is 8.58. The number of aromatic nitrogens is 1. The molecular formula is C19H20N2O3S. The summed E-state index contributed by atoms with van der Waals surface area (Å²) in [5, 5.41) is 2.89. The minimum atomic E-state index is -0.424. The molecule has 0 saturated heterocycles. The lowest BCUT2D eigenvalue weighted by Crippen LogP contribution is -2.28. The van der Waals surface area contributed by atoms with Crippen LogP contribution in [0.15, 0.2) is 63.8 Å². The number of para-hydroxylation sites is 2. The minimum absolute atomic E-state index is 0.0579. The van der Waals surface area contributed by atoms with E-state index in [4.69, 9.17) is 4.42 Å². The van der Waals surface area contributed by atoms with Gasteiger partial charge in [0.05, 0.1) is 5.52 Å². The number of hydrogen-bond acceptors (Lipinski definition) is 4. The molecule has 5 nitrogen and oxygen atoms in total. The van der Waals surface area contributed by atoms with Crippen LogP contribution in [0, 0.1) is 0 Å². The summed E-state index contributed by atoms with van der Waals surface area (Å²) in [5.74, 6) is 1.31. The molecule has 1 N–H and O–H groups in total. The Morgan fingerprint density at radius 1 is 1.08 bits per heavy atom. The summed E-state index contributed by atoms with van der Waals surface area (Å²) in [4.78, 5) is 23.8. The highest BCUT2D eigenvalue weighted by Crippen LogP contribution is 2.12. The summed E-state index contributed by atoms with van der Waals surface area (Å²) in [7, 11) is 0. The molecule has 130 valence electrons. The topological polar surface area (TPSA) is 64.2 Å². The summed E-state index contributed by atoms with van der Waals surface area (Å²) in [5.41, 5.74) is 2.55. The number of nitrogens with zero attached hydrogens (tertiary/aromatic N) is 1. The van der Waals surface area contributed by atoms with Crippen LogP contribution in [-0.2, 0) is 17.1 Å². The molecule has 1 amide bonds. The Morgan fingerprint density at radius 2 is 1.84 bits per heavy atom. The van der Waals surface area contributed by atoms with Crippen molar-refractivity contribution in [2.75, 3.05) is 12.3 Å². The summed E-state index contributed by atoms with van der Waals surface area (Å²) < 4.78 is 6.66. The van der Waals surface area contributed by atoms with Gasteiger partial charge in [-0.2, -0.15) is 11.8 Å². The monoisotopic (exact) mass is 356 g/mol. The van der Waals surface area contributed by atoms with E-state index in [-0.39, 0.29) is 12.3 Å². The number of aryl methyl sites for hydroxylation is 1. The predicted octanol–water partition coefficient (Wildman–Crippen LogP) is 3.03. The standard InChI is InChI=1S/C19H20N2O3S/c22-18(20-11-13-25-14-15-6-2-1-3-7-15)10-12-21-16-8-4-5-9-17(16)24-19(21)23/h1-9H,10-14H2,(H,20,22). The van der Waals surface area contributed by atoms with Crippen LogP contribution in [0.5, 0.6) is 0 Å². The van der Waals surface area contributed by atoms with Gasteiger partial charge in [-0.1, -0.05) is 42.5 Å². The molecule has 0 unspecified atom stereocenters. The Morgan fingerprint density at radius 3 is 2.68 bits per heavy atom. The maximum Gasteiger partial charge on any atom is 0.419 e. The second-order valence-corrected chi connectivity index (χ2v) is 6.73. The number of carbonyl (C=O) groups is 1. The molecule has 3 rings (SSSR count). The van der Waals surface area contributed by atoms with E-state index in [1.807, 2.05) is 36.4 Å². The molecule has 1 heterocycles. The zero-order valence-corrected chi connectivity index (χ0v) is 14.6. The highest BCUT2D eigenvalue weighted by Gasteiger charge is 2.10. The third-order valence-electron chi connectivity index (χ3n) is 3.82. The molecule has 1 aromatic heterocycles. The first-order valence-corrected chi connectivity index (χ1v) is 9.36. The summed E-state index contributed by atoms with van der Waals surface area (Å²) in [6.07, 6.45) is 0.257. The normalized spacial score (nSPS) is 10.9. The number of nitrogens with one attached hydrogen (secondary N) is 1. The SMILES string of the molecule is O=C(CCn1c(=O)oc2ccccc21)NCCSCc1ccccc1. The van der Waals surface area contributed by atoms with Crippen molar-refractivity contribution in [3.8, 4) is 0 Å². The molecule has 3 aromatic rings. The Bertz CT molecular complexity index is 886. The highest BCUT2D eigenvalue weighted by atomic mass is 32.2. The number of rotatable bonds is 8. The van der Waals surface area contributed by atoms with Gasteiger partial charge in [-0.25, -0.2) is 4.79 Å². The fourth-order valence-electron chi connectivity index (χ4n) is 2.55. The number of fused-ring (bicyclic) bond motifs is 1. The molecule has 2 aromatic carbocycles. The average molecular weight is 356 g/mol. The Balaban J connectivity index is 1.39. The molecule has 0 aliphatic rings. The maximum absolute atomic E-state index is 12.0. The van der Waals surface area contributed by atoms with Gasteiger partial charge in [0.25, 0.3) is 0 Å². The Hall–Kier alpha value is -2.47. The first-order valence-electron chi connectivity index (χ1n) is 8.21. The smallest absolute Gasteiger partial charge is 0.408 e. The van der Waals surface area contributed by atoms with E-state index < -0.39 is 5.76 Å². The van der Waals surface area contributed by atoms with Crippen molar-refractivity contribution in [1.82, 2.24) is 9.88 Å². The predicted molar refractivity (Wildman–Crippen MR) is 101 cm³/mol. The Kier molecular flexibility index (Phi) is 5.95. The molecule has 0 spiro atoms. The van der Waals surface area contributed by atoms with Crippen molar-refractivity contribution in [1.29, 1.82) is 0 Å². The fraction of sp³-hybridized carbons (Fsp3) is 0.263. The number of carbonyl (C=O) groups excluding carboxylic acids is 1. The molecule has 0 saturated carbocycles. The minimum Gasteiger partial charge on any atom is -0.408 e. The van der Waals surface area contributed by atoms with Crippen molar-refractivity contribution in [2.24, 2.45) is 0 Å². The quantitative estimate of drug-likeness (QED) is 0.630. The molecule has 0 atom stereocenters. The van der Waals surface area contributed by atoms with Crippen LogP contribution in [0.1, 0.15) is 12.0 Å². The van der Waals surface area contributed by atoms with E-state index in [0.717, 1.165) is 17.0 Å². The van der Waals surface area contributed by atoms with Gasteiger partial charge in [-0.05, 0) is 17.7 Å². The van der Waals surface area contributed by atoms with Crippen LogP contribution < -0.4 is 11.1 Å². The van der Waals surface area contributed by atoms with Gasteiger partial charge in [0.2, 0.25) is 5.91 Å². The van der Waals surface area contributed by atoms with Crippen molar-refractivity contribution in [2.45, 2.75) is 18.7 Å². The molecule has 6 heteroatoms. The highest BCUT2D eigenvalue weighted by molar-refractivity contribution is 7.98. The third-order valence-corrected chi connectivity index (χ3v) is 4.85. The molecule has 0 aliphatic heterocycles. The van der Waals surface area contributed by atoms with E-state index in [0.29, 0.717) is 18.7 Å². The van der Waals surface area contributed by atoms with Crippen molar-refractivity contribution in [3.05, 3.63) is 70.7 Å². The summed E-state index contributed by atoms with van der Waals surface area (Å²) >= 11 is 1.78. The van der Waals surface area contributed by atoms with Crippen LogP contribution in [0.2, 0.25) is 0 Å². The van der Waals surface area contributed by atoms with Gasteiger partial charge in [-0.3, -0.25) is 9.36 Å². The number of thioether (sulfide) groups is 1. The van der Waals surface area contributed by atoms with E-state index in [9.17, 15) is 9.59 Å². The number of amides is 1. The first-order chi connectivity index (χ1) is 12.2. The zero-order chi connectivity index (χ0) is 17.5. The Labute approximate surface area is 150 Å². The first kappa shape index (κ1) is 17.4. The summed E-state index contributed by atoms with van der Waals surface area (Å²) in [6, 6.07) is 17.5. The van der Waals surface area contributed by atoms with Crippen molar-refractivity contribution < 1.29 is 9.21 Å². The number of hydrogen-bond donors (Lipinski definition) is 1. The van der Waals surface area contributed by atoms with Crippen LogP contribution in [0.4, 0.5) is 0 Å². The molecular weight excluding hydrogens is 336 g/mol. The van der Waals surface area contributed by atoms with Crippen molar-refractivity contribution >= 4 is 28.8 Å². The van der Waals surface area contributed by atoms with Crippen LogP contribution >= 0.6 is 11.8 Å². The van der Waals surface area contributed by atoms with E-state index in [1.165, 1.54) is 10.1 Å². The lowest BCUT2D eigenvalue weighted by atomic mass is 10.2. The van der Waals surface area contributed by atoms with Gasteiger partial charge >= 0.3 is 5.76 Å². The van der Waals surface area contributed by atoms with E-state index in [2.05, 4.69) is 17.4 Å².